The molecule has 4 rings (SSSR count). The molecule has 4 aromatic rings. The minimum absolute atomic E-state index is 0.246. The van der Waals surface area contributed by atoms with Gasteiger partial charge in [0, 0.05) is 37.6 Å². The first-order valence-corrected chi connectivity index (χ1v) is 13.8. The fourth-order valence-corrected chi connectivity index (χ4v) is 4.94. The molecule has 41 heavy (non-hydrogen) atoms. The number of methoxy groups -OCH3 is 2. The highest BCUT2D eigenvalue weighted by Crippen LogP contribution is 2.35. The Hall–Kier alpha value is -3.78. The Morgan fingerprint density at radius 3 is 2.27 bits per heavy atom. The van der Waals surface area contributed by atoms with E-state index in [1.807, 2.05) is 44.4 Å². The molecule has 1 heterocycles. The molecule has 1 atom stereocenters. The summed E-state index contributed by atoms with van der Waals surface area (Å²) < 4.78 is 16.9. The lowest BCUT2D eigenvalue weighted by atomic mass is 10.0. The van der Waals surface area contributed by atoms with Gasteiger partial charge < -0.3 is 24.4 Å². The van der Waals surface area contributed by atoms with Gasteiger partial charge in [0.05, 0.1) is 29.8 Å². The first kappa shape index (κ1) is 30.2. The van der Waals surface area contributed by atoms with Crippen molar-refractivity contribution in [1.82, 2.24) is 9.88 Å². The van der Waals surface area contributed by atoms with E-state index in [1.54, 1.807) is 38.5 Å². The van der Waals surface area contributed by atoms with Gasteiger partial charge in [-0.05, 0) is 66.7 Å². The number of halogens is 2. The normalized spacial score (nSPS) is 11.7. The van der Waals surface area contributed by atoms with E-state index in [-0.39, 0.29) is 6.42 Å². The van der Waals surface area contributed by atoms with Crippen LogP contribution < -0.4 is 14.8 Å². The SMILES string of the molecule is COc1ccc([C@H](Cc2c(Cl)cncc2Cl)OC(=O)c2ccc(CNc3ccccc3CN(C)C)cc2)cc1OC. The molecule has 9 heteroatoms. The topological polar surface area (TPSA) is 72.9 Å². The lowest BCUT2D eigenvalue weighted by molar-refractivity contribution is 0.0297. The maximum atomic E-state index is 13.3. The third-order valence-corrected chi connectivity index (χ3v) is 7.20. The molecular weight excluding hydrogens is 561 g/mol. The Morgan fingerprint density at radius 1 is 0.927 bits per heavy atom. The minimum atomic E-state index is -0.700. The third kappa shape index (κ3) is 7.91. The van der Waals surface area contributed by atoms with E-state index in [2.05, 4.69) is 27.3 Å². The molecule has 7 nitrogen and oxygen atoms in total. The van der Waals surface area contributed by atoms with Crippen molar-refractivity contribution in [3.63, 3.8) is 0 Å². The van der Waals surface area contributed by atoms with Crippen molar-refractivity contribution in [2.45, 2.75) is 25.6 Å². The van der Waals surface area contributed by atoms with Gasteiger partial charge in [-0.3, -0.25) is 4.98 Å². The van der Waals surface area contributed by atoms with Crippen molar-refractivity contribution in [1.29, 1.82) is 0 Å². The maximum absolute atomic E-state index is 13.3. The standard InChI is InChI=1S/C32H33Cl2N3O4/c1-37(2)20-24-7-5-6-8-28(24)36-17-21-9-11-22(12-10-21)32(38)41-30(16-25-26(33)18-35-19-27(25)34)23-13-14-29(39-3)31(15-23)40-4/h5-15,18-19,30,36H,16-17,20H2,1-4H3/t30-/m0/s1. The number of nitrogens with zero attached hydrogens (tertiary/aromatic N) is 2. The summed E-state index contributed by atoms with van der Waals surface area (Å²) in [5, 5.41) is 4.28. The number of aromatic nitrogens is 1. The predicted octanol–water partition coefficient (Wildman–Crippen LogP) is 7.22. The van der Waals surface area contributed by atoms with Gasteiger partial charge in [-0.25, -0.2) is 4.79 Å². The number of ether oxygens (including phenoxy) is 3. The highest BCUT2D eigenvalue weighted by atomic mass is 35.5. The quantitative estimate of drug-likeness (QED) is 0.174. The molecule has 0 amide bonds. The van der Waals surface area contributed by atoms with E-state index >= 15 is 0 Å². The van der Waals surface area contributed by atoms with Crippen LogP contribution in [0.5, 0.6) is 11.5 Å². The number of nitrogens with one attached hydrogen (secondary N) is 1. The molecule has 0 saturated carbocycles. The number of rotatable bonds is 12. The Labute approximate surface area is 251 Å². The van der Waals surface area contributed by atoms with Crippen LogP contribution in [0.15, 0.2) is 79.1 Å². The predicted molar refractivity (Wildman–Crippen MR) is 163 cm³/mol. The van der Waals surface area contributed by atoms with Crippen molar-refractivity contribution >= 4 is 34.9 Å². The average molecular weight is 595 g/mol. The highest BCUT2D eigenvalue weighted by Gasteiger charge is 2.23. The second kappa shape index (κ2) is 14.2. The van der Waals surface area contributed by atoms with Crippen LogP contribution >= 0.6 is 23.2 Å². The molecule has 0 aliphatic rings. The summed E-state index contributed by atoms with van der Waals surface area (Å²) in [6, 6.07) is 21.0. The molecule has 0 aliphatic heterocycles. The fraction of sp³-hybridized carbons (Fsp3) is 0.250. The number of carbonyl (C=O) groups excluding carboxylic acids is 1. The van der Waals surface area contributed by atoms with Gasteiger partial charge in [0.1, 0.15) is 6.10 Å². The second-order valence-electron chi connectivity index (χ2n) is 9.74. The number of hydrogen-bond acceptors (Lipinski definition) is 7. The number of para-hydroxylation sites is 1. The van der Waals surface area contributed by atoms with Gasteiger partial charge in [0.15, 0.2) is 11.5 Å². The molecule has 0 spiro atoms. The van der Waals surface area contributed by atoms with Crippen molar-refractivity contribution in [3.8, 4) is 11.5 Å². The van der Waals surface area contributed by atoms with Crippen LogP contribution in [-0.4, -0.2) is 44.2 Å². The van der Waals surface area contributed by atoms with Crippen LogP contribution in [0.25, 0.3) is 0 Å². The number of anilines is 1. The van der Waals surface area contributed by atoms with Crippen LogP contribution in [0.4, 0.5) is 5.69 Å². The van der Waals surface area contributed by atoms with Crippen LogP contribution in [0.1, 0.15) is 38.7 Å². The van der Waals surface area contributed by atoms with Crippen LogP contribution in [0.3, 0.4) is 0 Å². The molecule has 0 unspecified atom stereocenters. The van der Waals surface area contributed by atoms with Gasteiger partial charge in [-0.15, -0.1) is 0 Å². The fourth-order valence-electron chi connectivity index (χ4n) is 4.42. The van der Waals surface area contributed by atoms with Gasteiger partial charge in [0.25, 0.3) is 0 Å². The summed E-state index contributed by atoms with van der Waals surface area (Å²) in [6.45, 7) is 1.46. The molecule has 0 bridgehead atoms. The van der Waals surface area contributed by atoms with E-state index in [1.165, 1.54) is 18.0 Å². The summed E-state index contributed by atoms with van der Waals surface area (Å²) in [5.41, 5.74) is 5.10. The van der Waals surface area contributed by atoms with Crippen LogP contribution in [0.2, 0.25) is 10.0 Å². The summed E-state index contributed by atoms with van der Waals surface area (Å²) in [5.74, 6) is 0.610. The zero-order chi connectivity index (χ0) is 29.4. The van der Waals surface area contributed by atoms with Crippen molar-refractivity contribution in [2.24, 2.45) is 0 Å². The zero-order valence-electron chi connectivity index (χ0n) is 23.5. The molecule has 0 saturated heterocycles. The van der Waals surface area contributed by atoms with Crippen molar-refractivity contribution in [2.75, 3.05) is 33.6 Å². The van der Waals surface area contributed by atoms with Crippen molar-refractivity contribution in [3.05, 3.63) is 117 Å². The Bertz CT molecular complexity index is 1460. The van der Waals surface area contributed by atoms with Crippen molar-refractivity contribution < 1.29 is 19.0 Å². The second-order valence-corrected chi connectivity index (χ2v) is 10.6. The molecule has 0 radical (unpaired) electrons. The lowest BCUT2D eigenvalue weighted by Crippen LogP contribution is -2.15. The largest absolute Gasteiger partial charge is 0.493 e. The number of benzene rings is 3. The number of carbonyl (C=O) groups is 1. The van der Waals surface area contributed by atoms with Crippen LogP contribution in [-0.2, 0) is 24.2 Å². The molecule has 0 aliphatic carbocycles. The Morgan fingerprint density at radius 2 is 1.61 bits per heavy atom. The summed E-state index contributed by atoms with van der Waals surface area (Å²) in [7, 11) is 7.21. The van der Waals surface area contributed by atoms with E-state index in [4.69, 9.17) is 37.4 Å². The van der Waals surface area contributed by atoms with E-state index in [0.717, 1.165) is 17.8 Å². The minimum Gasteiger partial charge on any atom is -0.493 e. The molecule has 1 N–H and O–H groups in total. The highest BCUT2D eigenvalue weighted by molar-refractivity contribution is 6.35. The smallest absolute Gasteiger partial charge is 0.338 e. The zero-order valence-corrected chi connectivity index (χ0v) is 25.0. The molecule has 214 valence electrons. The maximum Gasteiger partial charge on any atom is 0.338 e. The number of pyridine rings is 1. The number of esters is 1. The van der Waals surface area contributed by atoms with Gasteiger partial charge in [-0.1, -0.05) is 59.6 Å². The Kier molecular flexibility index (Phi) is 10.5. The van der Waals surface area contributed by atoms with Gasteiger partial charge >= 0.3 is 5.97 Å². The van der Waals surface area contributed by atoms with Gasteiger partial charge in [0.2, 0.25) is 0 Å². The first-order chi connectivity index (χ1) is 19.8. The van der Waals surface area contributed by atoms with E-state index < -0.39 is 12.1 Å². The Balaban J connectivity index is 1.52. The van der Waals surface area contributed by atoms with Gasteiger partial charge in [-0.2, -0.15) is 0 Å². The molecule has 1 aromatic heterocycles. The number of hydrogen-bond donors (Lipinski definition) is 1. The van der Waals surface area contributed by atoms with Crippen LogP contribution in [0, 0.1) is 0 Å². The molecular formula is C32H33Cl2N3O4. The monoisotopic (exact) mass is 593 g/mol. The molecule has 3 aromatic carbocycles. The first-order valence-electron chi connectivity index (χ1n) is 13.0. The average Bonchev–Trinajstić information content (AvgIpc) is 2.97. The summed E-state index contributed by atoms with van der Waals surface area (Å²) in [4.78, 5) is 19.5. The van der Waals surface area contributed by atoms with E-state index in [9.17, 15) is 4.79 Å². The summed E-state index contributed by atoms with van der Waals surface area (Å²) >= 11 is 12.8. The van der Waals surface area contributed by atoms with E-state index in [0.29, 0.717) is 44.8 Å². The third-order valence-electron chi connectivity index (χ3n) is 6.55. The molecule has 0 fully saturated rings. The lowest BCUT2D eigenvalue weighted by Gasteiger charge is -2.21. The summed E-state index contributed by atoms with van der Waals surface area (Å²) in [6.07, 6.45) is 2.58.